The molecule has 0 N–H and O–H groups in total. The molecule has 1 unspecified atom stereocenters. The molecular formula is C15H16BrN3. The van der Waals surface area contributed by atoms with E-state index in [1.54, 1.807) is 0 Å². The van der Waals surface area contributed by atoms with E-state index in [2.05, 4.69) is 65.0 Å². The second-order valence-electron chi connectivity index (χ2n) is 4.99. The van der Waals surface area contributed by atoms with Crippen molar-refractivity contribution in [3.8, 4) is 0 Å². The van der Waals surface area contributed by atoms with E-state index in [4.69, 9.17) is 0 Å². The van der Waals surface area contributed by atoms with Crippen molar-refractivity contribution >= 4 is 26.8 Å². The van der Waals surface area contributed by atoms with Gasteiger partial charge in [0.1, 0.15) is 0 Å². The number of allylic oxidation sites excluding steroid dienone is 3. The molecule has 1 aliphatic rings. The van der Waals surface area contributed by atoms with Crippen LogP contribution in [0, 0.1) is 0 Å². The van der Waals surface area contributed by atoms with Gasteiger partial charge in [-0.25, -0.2) is 0 Å². The largest absolute Gasteiger partial charge is 0.263 e. The Morgan fingerprint density at radius 1 is 1.26 bits per heavy atom. The molecule has 1 aliphatic heterocycles. The zero-order chi connectivity index (χ0) is 13.6. The normalized spacial score (nSPS) is 19.6. The third-order valence-corrected chi connectivity index (χ3v) is 4.12. The lowest BCUT2D eigenvalue weighted by Gasteiger charge is -2.33. The number of nitrogens with zero attached hydrogens (tertiary/aromatic N) is 3. The van der Waals surface area contributed by atoms with Crippen molar-refractivity contribution in [2.75, 3.05) is 5.01 Å². The first-order valence-electron chi connectivity index (χ1n) is 6.36. The number of hydrogen-bond acceptors (Lipinski definition) is 2. The molecular weight excluding hydrogens is 302 g/mol. The summed E-state index contributed by atoms with van der Waals surface area (Å²) < 4.78 is 1.08. The summed E-state index contributed by atoms with van der Waals surface area (Å²) in [7, 11) is 0. The van der Waals surface area contributed by atoms with E-state index in [0.29, 0.717) is 6.04 Å². The standard InChI is InChI=1S/C15H16BrN3/c1-10-7-11(2)18(12(3)8-10)19-15-6-4-5-14(16)13(15)9-17-19/h4-9,11H,1-3H3. The third-order valence-electron chi connectivity index (χ3n) is 3.43. The maximum absolute atomic E-state index is 4.55. The highest BCUT2D eigenvalue weighted by Gasteiger charge is 2.20. The Bertz CT molecular complexity index is 696. The number of rotatable bonds is 1. The van der Waals surface area contributed by atoms with Gasteiger partial charge in [-0.3, -0.25) is 5.01 Å². The SMILES string of the molecule is CC1=CC(C)N(n2ncc3c(Br)cccc32)C(C)=C1. The maximum Gasteiger partial charge on any atom is 0.0936 e. The average Bonchev–Trinajstić information content (AvgIpc) is 2.73. The minimum atomic E-state index is 0.298. The minimum Gasteiger partial charge on any atom is -0.263 e. The van der Waals surface area contributed by atoms with Crippen LogP contribution in [0.3, 0.4) is 0 Å². The summed E-state index contributed by atoms with van der Waals surface area (Å²) in [6.45, 7) is 6.44. The molecule has 1 aromatic carbocycles. The van der Waals surface area contributed by atoms with Crippen molar-refractivity contribution in [3.05, 3.63) is 52.3 Å². The molecule has 2 heterocycles. The van der Waals surface area contributed by atoms with Crippen LogP contribution in [0.25, 0.3) is 10.9 Å². The van der Waals surface area contributed by atoms with E-state index >= 15 is 0 Å². The number of benzene rings is 1. The van der Waals surface area contributed by atoms with Gasteiger partial charge in [0, 0.05) is 15.6 Å². The van der Waals surface area contributed by atoms with Crippen LogP contribution in [0.5, 0.6) is 0 Å². The zero-order valence-electron chi connectivity index (χ0n) is 11.3. The monoisotopic (exact) mass is 317 g/mol. The van der Waals surface area contributed by atoms with Crippen molar-refractivity contribution < 1.29 is 0 Å². The Labute approximate surface area is 121 Å². The van der Waals surface area contributed by atoms with Gasteiger partial charge in [-0.15, -0.1) is 0 Å². The minimum absolute atomic E-state index is 0.298. The van der Waals surface area contributed by atoms with Crippen LogP contribution >= 0.6 is 15.9 Å². The van der Waals surface area contributed by atoms with Crippen molar-refractivity contribution in [3.63, 3.8) is 0 Å². The van der Waals surface area contributed by atoms with E-state index in [1.807, 2.05) is 23.1 Å². The Hall–Kier alpha value is -1.55. The van der Waals surface area contributed by atoms with Gasteiger partial charge in [-0.05, 0) is 39.0 Å². The number of hydrogen-bond donors (Lipinski definition) is 0. The van der Waals surface area contributed by atoms with Gasteiger partial charge >= 0.3 is 0 Å². The van der Waals surface area contributed by atoms with Gasteiger partial charge < -0.3 is 0 Å². The predicted molar refractivity (Wildman–Crippen MR) is 82.6 cm³/mol. The lowest BCUT2D eigenvalue weighted by molar-refractivity contribution is 0.559. The summed E-state index contributed by atoms with van der Waals surface area (Å²) >= 11 is 3.58. The van der Waals surface area contributed by atoms with Gasteiger partial charge in [0.2, 0.25) is 0 Å². The molecule has 0 saturated heterocycles. The Balaban J connectivity index is 2.16. The average molecular weight is 318 g/mol. The quantitative estimate of drug-likeness (QED) is 0.793. The first-order chi connectivity index (χ1) is 9.08. The first kappa shape index (κ1) is 12.5. The van der Waals surface area contributed by atoms with Crippen molar-refractivity contribution in [1.82, 2.24) is 9.89 Å². The van der Waals surface area contributed by atoms with Gasteiger partial charge in [0.15, 0.2) is 0 Å². The smallest absolute Gasteiger partial charge is 0.0936 e. The third kappa shape index (κ3) is 2.00. The highest BCUT2D eigenvalue weighted by atomic mass is 79.9. The second kappa shape index (κ2) is 4.53. The summed E-state index contributed by atoms with van der Waals surface area (Å²) in [5, 5.41) is 7.89. The number of halogens is 1. The fourth-order valence-electron chi connectivity index (χ4n) is 2.71. The van der Waals surface area contributed by atoms with E-state index in [1.165, 1.54) is 11.3 Å². The van der Waals surface area contributed by atoms with Crippen molar-refractivity contribution in [2.24, 2.45) is 0 Å². The zero-order valence-corrected chi connectivity index (χ0v) is 12.8. The molecule has 0 fully saturated rings. The highest BCUT2D eigenvalue weighted by Crippen LogP contribution is 2.26. The Morgan fingerprint density at radius 3 is 2.79 bits per heavy atom. The molecule has 0 amide bonds. The molecule has 0 spiro atoms. The van der Waals surface area contributed by atoms with Crippen LogP contribution in [0.4, 0.5) is 0 Å². The van der Waals surface area contributed by atoms with Crippen molar-refractivity contribution in [1.29, 1.82) is 0 Å². The van der Waals surface area contributed by atoms with Gasteiger partial charge in [0.25, 0.3) is 0 Å². The first-order valence-corrected chi connectivity index (χ1v) is 7.15. The molecule has 4 heteroatoms. The molecule has 98 valence electrons. The molecule has 0 saturated carbocycles. The highest BCUT2D eigenvalue weighted by molar-refractivity contribution is 9.10. The fraction of sp³-hybridized carbons (Fsp3) is 0.267. The topological polar surface area (TPSA) is 21.1 Å². The summed E-state index contributed by atoms with van der Waals surface area (Å²) in [5.74, 6) is 0. The summed E-state index contributed by atoms with van der Waals surface area (Å²) in [4.78, 5) is 1.99. The van der Waals surface area contributed by atoms with E-state index in [0.717, 1.165) is 15.4 Å². The molecule has 1 aromatic heterocycles. The van der Waals surface area contributed by atoms with Crippen LogP contribution in [-0.2, 0) is 0 Å². The van der Waals surface area contributed by atoms with Gasteiger partial charge in [0.05, 0.1) is 17.8 Å². The molecule has 0 radical (unpaired) electrons. The molecule has 0 bridgehead atoms. The van der Waals surface area contributed by atoms with E-state index in [9.17, 15) is 0 Å². The van der Waals surface area contributed by atoms with Gasteiger partial charge in [-0.1, -0.05) is 33.6 Å². The maximum atomic E-state index is 4.55. The summed E-state index contributed by atoms with van der Waals surface area (Å²) in [6, 6.07) is 6.48. The summed E-state index contributed by atoms with van der Waals surface area (Å²) in [5.41, 5.74) is 3.62. The fourth-order valence-corrected chi connectivity index (χ4v) is 3.17. The number of aromatic nitrogens is 2. The predicted octanol–water partition coefficient (Wildman–Crippen LogP) is 3.99. The number of fused-ring (bicyclic) bond motifs is 1. The molecule has 0 aliphatic carbocycles. The van der Waals surface area contributed by atoms with E-state index in [-0.39, 0.29) is 0 Å². The van der Waals surface area contributed by atoms with Crippen LogP contribution in [0.15, 0.2) is 52.3 Å². The molecule has 2 aromatic rings. The lowest BCUT2D eigenvalue weighted by atomic mass is 10.1. The van der Waals surface area contributed by atoms with Crippen LogP contribution in [0.2, 0.25) is 0 Å². The summed E-state index contributed by atoms with van der Waals surface area (Å²) in [6.07, 6.45) is 6.34. The van der Waals surface area contributed by atoms with Crippen molar-refractivity contribution in [2.45, 2.75) is 26.8 Å². The Morgan fingerprint density at radius 2 is 2.05 bits per heavy atom. The molecule has 3 rings (SSSR count). The lowest BCUT2D eigenvalue weighted by Crippen LogP contribution is -2.41. The molecule has 3 nitrogen and oxygen atoms in total. The second-order valence-corrected chi connectivity index (χ2v) is 5.84. The van der Waals surface area contributed by atoms with Gasteiger partial charge in [-0.2, -0.15) is 9.89 Å². The van der Waals surface area contributed by atoms with Crippen LogP contribution < -0.4 is 5.01 Å². The van der Waals surface area contributed by atoms with Crippen LogP contribution in [-0.4, -0.2) is 15.9 Å². The molecule has 1 atom stereocenters. The van der Waals surface area contributed by atoms with Crippen LogP contribution in [0.1, 0.15) is 20.8 Å². The molecule has 19 heavy (non-hydrogen) atoms. The Kier molecular flexibility index (Phi) is 2.97. The van der Waals surface area contributed by atoms with E-state index < -0.39 is 0 Å².